The quantitative estimate of drug-likeness (QED) is 0.304. The summed E-state index contributed by atoms with van der Waals surface area (Å²) in [6, 6.07) is 9.85. The number of guanidine groups is 1. The van der Waals surface area contributed by atoms with Crippen LogP contribution < -0.4 is 15.4 Å². The molecule has 164 valence electrons. The fourth-order valence-electron chi connectivity index (χ4n) is 3.46. The molecule has 1 aromatic heterocycles. The third-order valence-corrected chi connectivity index (χ3v) is 4.97. The van der Waals surface area contributed by atoms with Crippen LogP contribution in [0.3, 0.4) is 0 Å². The lowest BCUT2D eigenvalue weighted by molar-refractivity contribution is 0.0277. The Morgan fingerprint density at radius 1 is 1.17 bits per heavy atom. The van der Waals surface area contributed by atoms with E-state index in [1.807, 2.05) is 44.2 Å². The van der Waals surface area contributed by atoms with Crippen molar-refractivity contribution >= 4 is 11.6 Å². The zero-order valence-electron chi connectivity index (χ0n) is 18.2. The van der Waals surface area contributed by atoms with E-state index in [4.69, 9.17) is 9.47 Å². The van der Waals surface area contributed by atoms with Crippen LogP contribution in [-0.2, 0) is 11.3 Å². The molecule has 0 spiro atoms. The highest BCUT2D eigenvalue weighted by molar-refractivity contribution is 5.93. The molecule has 7 nitrogen and oxygen atoms in total. The van der Waals surface area contributed by atoms with E-state index < -0.39 is 0 Å². The monoisotopic (exact) mass is 413 g/mol. The molecule has 0 saturated heterocycles. The first-order valence-corrected chi connectivity index (χ1v) is 11.1. The third-order valence-electron chi connectivity index (χ3n) is 4.97. The van der Waals surface area contributed by atoms with Crippen molar-refractivity contribution in [3.63, 3.8) is 0 Å². The number of hydrogen-bond acceptors (Lipinski definition) is 4. The minimum Gasteiger partial charge on any atom is -0.491 e. The average molecular weight is 414 g/mol. The minimum atomic E-state index is 0.160. The number of aromatic amines is 1. The Balaban J connectivity index is 1.49. The van der Waals surface area contributed by atoms with Gasteiger partial charge in [0.05, 0.1) is 24.4 Å². The maximum absolute atomic E-state index is 6.02. The molecule has 0 bridgehead atoms. The van der Waals surface area contributed by atoms with E-state index in [0.717, 1.165) is 42.7 Å². The van der Waals surface area contributed by atoms with Gasteiger partial charge in [0, 0.05) is 25.0 Å². The highest BCUT2D eigenvalue weighted by Gasteiger charge is 2.13. The molecule has 1 aliphatic carbocycles. The zero-order chi connectivity index (χ0) is 21.0. The molecule has 3 rings (SSSR count). The number of rotatable bonds is 10. The second kappa shape index (κ2) is 12.2. The minimum absolute atomic E-state index is 0.160. The fourth-order valence-corrected chi connectivity index (χ4v) is 3.46. The number of benzene rings is 1. The first-order valence-electron chi connectivity index (χ1n) is 11.1. The standard InChI is InChI=1S/C23H35N5O2/c1-18(2)30-22-11-9-19(10-12-22)27-23(25-17-20-13-15-26-28-20)24-14-6-16-29-21-7-4-3-5-8-21/h9-13,15,18,21H,3-8,14,16-17H2,1-2H3,(H,26,28)(H2,24,25,27). The molecule has 0 amide bonds. The largest absolute Gasteiger partial charge is 0.491 e. The molecule has 1 aliphatic rings. The summed E-state index contributed by atoms with van der Waals surface area (Å²) in [6.07, 6.45) is 9.68. The van der Waals surface area contributed by atoms with Gasteiger partial charge in [-0.1, -0.05) is 19.3 Å². The van der Waals surface area contributed by atoms with Crippen molar-refractivity contribution in [2.75, 3.05) is 18.5 Å². The van der Waals surface area contributed by atoms with Crippen LogP contribution >= 0.6 is 0 Å². The summed E-state index contributed by atoms with van der Waals surface area (Å²) >= 11 is 0. The van der Waals surface area contributed by atoms with Crippen LogP contribution in [0.4, 0.5) is 5.69 Å². The normalized spacial score (nSPS) is 15.4. The first kappa shape index (κ1) is 22.2. The van der Waals surface area contributed by atoms with Crippen molar-refractivity contribution in [2.24, 2.45) is 4.99 Å². The number of ether oxygens (including phenoxy) is 2. The van der Waals surface area contributed by atoms with Crippen LogP contribution in [0, 0.1) is 0 Å². The Hall–Kier alpha value is -2.54. The second-order valence-electron chi connectivity index (χ2n) is 7.97. The van der Waals surface area contributed by atoms with Crippen LogP contribution in [-0.4, -0.2) is 41.5 Å². The van der Waals surface area contributed by atoms with Gasteiger partial charge in [0.25, 0.3) is 0 Å². The molecule has 0 radical (unpaired) electrons. The van der Waals surface area contributed by atoms with Gasteiger partial charge < -0.3 is 20.1 Å². The smallest absolute Gasteiger partial charge is 0.196 e. The highest BCUT2D eigenvalue weighted by Crippen LogP contribution is 2.20. The van der Waals surface area contributed by atoms with E-state index in [9.17, 15) is 0 Å². The van der Waals surface area contributed by atoms with Crippen LogP contribution in [0.2, 0.25) is 0 Å². The average Bonchev–Trinajstić information content (AvgIpc) is 3.27. The fraction of sp³-hybridized carbons (Fsp3) is 0.565. The van der Waals surface area contributed by atoms with Gasteiger partial charge in [-0.3, -0.25) is 5.10 Å². The predicted octanol–water partition coefficient (Wildman–Crippen LogP) is 4.49. The second-order valence-corrected chi connectivity index (χ2v) is 7.97. The number of anilines is 1. The lowest BCUT2D eigenvalue weighted by Crippen LogP contribution is -2.32. The number of nitrogens with zero attached hydrogens (tertiary/aromatic N) is 2. The SMILES string of the molecule is CC(C)Oc1ccc(NC(=NCc2ccn[nH]2)NCCCOC2CCCCC2)cc1. The molecule has 0 aliphatic heterocycles. The van der Waals surface area contributed by atoms with Crippen LogP contribution in [0.5, 0.6) is 5.75 Å². The van der Waals surface area contributed by atoms with E-state index in [2.05, 4.69) is 25.8 Å². The molecule has 1 aromatic carbocycles. The molecule has 7 heteroatoms. The Morgan fingerprint density at radius 2 is 1.97 bits per heavy atom. The molecular formula is C23H35N5O2. The maximum atomic E-state index is 6.02. The van der Waals surface area contributed by atoms with Crippen molar-refractivity contribution in [3.05, 3.63) is 42.2 Å². The predicted molar refractivity (Wildman–Crippen MR) is 121 cm³/mol. The number of H-pyrrole nitrogens is 1. The molecule has 3 N–H and O–H groups in total. The zero-order valence-corrected chi connectivity index (χ0v) is 18.2. The molecule has 1 fully saturated rings. The Morgan fingerprint density at radius 3 is 2.67 bits per heavy atom. The lowest BCUT2D eigenvalue weighted by atomic mass is 9.98. The summed E-state index contributed by atoms with van der Waals surface area (Å²) in [6.45, 7) is 6.16. The third kappa shape index (κ3) is 8.06. The highest BCUT2D eigenvalue weighted by atomic mass is 16.5. The Bertz CT molecular complexity index is 737. The number of nitrogens with one attached hydrogen (secondary N) is 3. The van der Waals surface area contributed by atoms with Crippen LogP contribution in [0.1, 0.15) is 58.1 Å². The molecule has 2 aromatic rings. The molecule has 0 unspecified atom stereocenters. The van der Waals surface area contributed by atoms with Gasteiger partial charge >= 0.3 is 0 Å². The molecule has 30 heavy (non-hydrogen) atoms. The van der Waals surface area contributed by atoms with Gasteiger partial charge in [0.2, 0.25) is 0 Å². The number of hydrogen-bond donors (Lipinski definition) is 3. The van der Waals surface area contributed by atoms with Crippen molar-refractivity contribution in [3.8, 4) is 5.75 Å². The van der Waals surface area contributed by atoms with Crippen LogP contribution in [0.15, 0.2) is 41.5 Å². The van der Waals surface area contributed by atoms with E-state index >= 15 is 0 Å². The van der Waals surface area contributed by atoms with Crippen molar-refractivity contribution in [1.82, 2.24) is 15.5 Å². The van der Waals surface area contributed by atoms with Gasteiger partial charge in [0.1, 0.15) is 5.75 Å². The van der Waals surface area contributed by atoms with Crippen LogP contribution in [0.25, 0.3) is 0 Å². The van der Waals surface area contributed by atoms with E-state index in [1.54, 1.807) is 6.20 Å². The molecule has 1 saturated carbocycles. The summed E-state index contributed by atoms with van der Waals surface area (Å²) in [5, 5.41) is 13.7. The Labute approximate surface area is 179 Å². The van der Waals surface area contributed by atoms with Gasteiger partial charge in [-0.25, -0.2) is 4.99 Å². The van der Waals surface area contributed by atoms with E-state index in [0.29, 0.717) is 12.6 Å². The van der Waals surface area contributed by atoms with E-state index in [-0.39, 0.29) is 6.10 Å². The Kier molecular flexibility index (Phi) is 9.03. The lowest BCUT2D eigenvalue weighted by Gasteiger charge is -2.22. The topological polar surface area (TPSA) is 83.6 Å². The van der Waals surface area contributed by atoms with Crippen molar-refractivity contribution in [2.45, 2.75) is 71.1 Å². The summed E-state index contributed by atoms with van der Waals surface area (Å²) in [5.41, 5.74) is 1.93. The van der Waals surface area contributed by atoms with Gasteiger partial charge in [0.15, 0.2) is 5.96 Å². The van der Waals surface area contributed by atoms with Crippen molar-refractivity contribution < 1.29 is 9.47 Å². The van der Waals surface area contributed by atoms with Crippen molar-refractivity contribution in [1.29, 1.82) is 0 Å². The summed E-state index contributed by atoms with van der Waals surface area (Å²) < 4.78 is 11.7. The summed E-state index contributed by atoms with van der Waals surface area (Å²) in [7, 11) is 0. The molecule has 1 heterocycles. The maximum Gasteiger partial charge on any atom is 0.196 e. The van der Waals surface area contributed by atoms with Gasteiger partial charge in [-0.05, 0) is 63.4 Å². The first-order chi connectivity index (χ1) is 14.7. The summed E-state index contributed by atoms with van der Waals surface area (Å²) in [5.74, 6) is 1.60. The molecule has 0 atom stereocenters. The van der Waals surface area contributed by atoms with E-state index in [1.165, 1.54) is 32.1 Å². The van der Waals surface area contributed by atoms with Gasteiger partial charge in [-0.2, -0.15) is 5.10 Å². The number of aromatic nitrogens is 2. The molecular weight excluding hydrogens is 378 g/mol. The summed E-state index contributed by atoms with van der Waals surface area (Å²) in [4.78, 5) is 4.67. The van der Waals surface area contributed by atoms with Gasteiger partial charge in [-0.15, -0.1) is 0 Å². The number of aliphatic imine (C=N–C) groups is 1.